The van der Waals surface area contributed by atoms with E-state index in [2.05, 4.69) is 30.6 Å². The van der Waals surface area contributed by atoms with E-state index in [0.717, 1.165) is 24.1 Å². The van der Waals surface area contributed by atoms with Crippen LogP contribution in [0.4, 0.5) is 4.39 Å². The maximum Gasteiger partial charge on any atom is 0.123 e. The predicted molar refractivity (Wildman–Crippen MR) is 80.4 cm³/mol. The molecular formula is C16H20FNS. The van der Waals surface area contributed by atoms with E-state index in [1.165, 1.54) is 16.5 Å². The summed E-state index contributed by atoms with van der Waals surface area (Å²) in [7, 11) is 0. The van der Waals surface area contributed by atoms with Gasteiger partial charge in [-0.15, -0.1) is 11.3 Å². The molecule has 0 aliphatic carbocycles. The smallest absolute Gasteiger partial charge is 0.123 e. The van der Waals surface area contributed by atoms with E-state index < -0.39 is 0 Å². The predicted octanol–water partition coefficient (Wildman–Crippen LogP) is 4.46. The highest BCUT2D eigenvalue weighted by molar-refractivity contribution is 7.10. The number of thiophene rings is 1. The van der Waals surface area contributed by atoms with Gasteiger partial charge in [0.25, 0.3) is 0 Å². The molecule has 0 amide bonds. The Morgan fingerprint density at radius 1 is 1.26 bits per heavy atom. The van der Waals surface area contributed by atoms with Gasteiger partial charge >= 0.3 is 0 Å². The monoisotopic (exact) mass is 277 g/mol. The van der Waals surface area contributed by atoms with Gasteiger partial charge in [0, 0.05) is 4.88 Å². The summed E-state index contributed by atoms with van der Waals surface area (Å²) in [6.45, 7) is 7.15. The zero-order valence-electron chi connectivity index (χ0n) is 11.7. The quantitative estimate of drug-likeness (QED) is 0.851. The fourth-order valence-corrected chi connectivity index (χ4v) is 3.45. The van der Waals surface area contributed by atoms with Crippen LogP contribution in [0.3, 0.4) is 0 Å². The molecule has 1 unspecified atom stereocenters. The van der Waals surface area contributed by atoms with Crippen molar-refractivity contribution in [1.29, 1.82) is 0 Å². The molecule has 1 heterocycles. The first-order valence-corrected chi connectivity index (χ1v) is 7.61. The third-order valence-electron chi connectivity index (χ3n) is 3.38. The van der Waals surface area contributed by atoms with Crippen LogP contribution in [0.1, 0.15) is 41.5 Å². The second-order valence-corrected chi connectivity index (χ2v) is 5.60. The SMILES string of the molecule is CCNC(c1cc(F)ccc1C)c1sccc1CC. The zero-order valence-corrected chi connectivity index (χ0v) is 12.5. The van der Waals surface area contributed by atoms with Gasteiger partial charge in [0.05, 0.1) is 6.04 Å². The molecule has 2 rings (SSSR count). The maximum atomic E-state index is 13.5. The lowest BCUT2D eigenvalue weighted by Gasteiger charge is -2.21. The minimum absolute atomic E-state index is 0.0932. The van der Waals surface area contributed by atoms with Crippen LogP contribution in [0.15, 0.2) is 29.6 Å². The van der Waals surface area contributed by atoms with E-state index in [1.54, 1.807) is 17.4 Å². The lowest BCUT2D eigenvalue weighted by atomic mass is 9.97. The molecule has 1 atom stereocenters. The van der Waals surface area contributed by atoms with Crippen LogP contribution < -0.4 is 5.32 Å². The standard InChI is InChI=1S/C16H20FNS/c1-4-12-8-9-19-16(12)15(18-5-2)14-10-13(17)7-6-11(14)3/h6-10,15,18H,4-5H2,1-3H3. The van der Waals surface area contributed by atoms with E-state index in [4.69, 9.17) is 0 Å². The first-order chi connectivity index (χ1) is 9.17. The van der Waals surface area contributed by atoms with Crippen LogP contribution in [0.5, 0.6) is 0 Å². The van der Waals surface area contributed by atoms with Gasteiger partial charge in [-0.05, 0) is 60.2 Å². The second-order valence-electron chi connectivity index (χ2n) is 4.66. The number of nitrogens with one attached hydrogen (secondary N) is 1. The average Bonchev–Trinajstić information content (AvgIpc) is 2.87. The maximum absolute atomic E-state index is 13.5. The molecule has 2 aromatic rings. The molecule has 0 radical (unpaired) electrons. The lowest BCUT2D eigenvalue weighted by Crippen LogP contribution is -2.23. The Kier molecular flexibility index (Phi) is 4.72. The molecule has 1 aromatic carbocycles. The molecule has 102 valence electrons. The van der Waals surface area contributed by atoms with E-state index in [1.807, 2.05) is 13.0 Å². The van der Waals surface area contributed by atoms with Crippen LogP contribution in [-0.4, -0.2) is 6.54 Å². The molecule has 19 heavy (non-hydrogen) atoms. The van der Waals surface area contributed by atoms with Crippen LogP contribution in [0.25, 0.3) is 0 Å². The van der Waals surface area contributed by atoms with Crippen molar-refractivity contribution in [2.24, 2.45) is 0 Å². The number of rotatable bonds is 5. The molecule has 0 aliphatic heterocycles. The highest BCUT2D eigenvalue weighted by Gasteiger charge is 2.19. The summed E-state index contributed by atoms with van der Waals surface area (Å²) in [4.78, 5) is 1.30. The molecule has 0 aliphatic rings. The molecule has 0 bridgehead atoms. The number of benzene rings is 1. The third-order valence-corrected chi connectivity index (χ3v) is 4.41. The highest BCUT2D eigenvalue weighted by atomic mass is 32.1. The molecule has 0 spiro atoms. The van der Waals surface area contributed by atoms with Crippen molar-refractivity contribution >= 4 is 11.3 Å². The first-order valence-electron chi connectivity index (χ1n) is 6.73. The van der Waals surface area contributed by atoms with Gasteiger partial charge in [-0.1, -0.05) is 19.9 Å². The minimum Gasteiger partial charge on any atom is -0.306 e. The molecular weight excluding hydrogens is 257 g/mol. The van der Waals surface area contributed by atoms with Gasteiger partial charge in [0.1, 0.15) is 5.82 Å². The van der Waals surface area contributed by atoms with Gasteiger partial charge in [0.2, 0.25) is 0 Å². The Balaban J connectivity index is 2.48. The summed E-state index contributed by atoms with van der Waals surface area (Å²) >= 11 is 1.75. The average molecular weight is 277 g/mol. The fraction of sp³-hybridized carbons (Fsp3) is 0.375. The van der Waals surface area contributed by atoms with E-state index >= 15 is 0 Å². The van der Waals surface area contributed by atoms with Gasteiger partial charge in [0.15, 0.2) is 0 Å². The fourth-order valence-electron chi connectivity index (χ4n) is 2.36. The van der Waals surface area contributed by atoms with Gasteiger partial charge in [-0.25, -0.2) is 4.39 Å². The number of halogens is 1. The molecule has 0 saturated heterocycles. The van der Waals surface area contributed by atoms with Crippen molar-refractivity contribution < 1.29 is 4.39 Å². The summed E-state index contributed by atoms with van der Waals surface area (Å²) < 4.78 is 13.5. The van der Waals surface area contributed by atoms with Gasteiger partial charge in [-0.2, -0.15) is 0 Å². The van der Waals surface area contributed by atoms with Crippen molar-refractivity contribution in [3.05, 3.63) is 57.0 Å². The largest absolute Gasteiger partial charge is 0.306 e. The molecule has 3 heteroatoms. The zero-order chi connectivity index (χ0) is 13.8. The third kappa shape index (κ3) is 3.04. The molecule has 0 saturated carbocycles. The summed E-state index contributed by atoms with van der Waals surface area (Å²) in [6, 6.07) is 7.29. The summed E-state index contributed by atoms with van der Waals surface area (Å²) in [5, 5.41) is 5.61. The number of aryl methyl sites for hydroxylation is 2. The summed E-state index contributed by atoms with van der Waals surface area (Å²) in [5.41, 5.74) is 3.52. The second kappa shape index (κ2) is 6.31. The van der Waals surface area contributed by atoms with Crippen LogP contribution in [0.2, 0.25) is 0 Å². The lowest BCUT2D eigenvalue weighted by molar-refractivity contribution is 0.603. The van der Waals surface area contributed by atoms with Crippen molar-refractivity contribution in [1.82, 2.24) is 5.32 Å². The summed E-state index contributed by atoms with van der Waals surface area (Å²) in [6.07, 6.45) is 1.01. The molecule has 1 nitrogen and oxygen atoms in total. The Morgan fingerprint density at radius 3 is 2.74 bits per heavy atom. The number of hydrogen-bond acceptors (Lipinski definition) is 2. The Morgan fingerprint density at radius 2 is 2.05 bits per heavy atom. The Bertz CT molecular complexity index is 547. The van der Waals surface area contributed by atoms with E-state index in [9.17, 15) is 4.39 Å². The van der Waals surface area contributed by atoms with Crippen LogP contribution in [-0.2, 0) is 6.42 Å². The molecule has 1 aromatic heterocycles. The Labute approximate surface area is 118 Å². The van der Waals surface area contributed by atoms with Crippen LogP contribution >= 0.6 is 11.3 Å². The highest BCUT2D eigenvalue weighted by Crippen LogP contribution is 2.32. The van der Waals surface area contributed by atoms with Crippen molar-refractivity contribution in [3.63, 3.8) is 0 Å². The van der Waals surface area contributed by atoms with Crippen molar-refractivity contribution in [2.75, 3.05) is 6.54 Å². The van der Waals surface area contributed by atoms with Crippen LogP contribution in [0, 0.1) is 12.7 Å². The molecule has 1 N–H and O–H groups in total. The molecule has 0 fully saturated rings. The van der Waals surface area contributed by atoms with Crippen molar-refractivity contribution in [2.45, 2.75) is 33.2 Å². The van der Waals surface area contributed by atoms with E-state index in [0.29, 0.717) is 0 Å². The summed E-state index contributed by atoms with van der Waals surface area (Å²) in [5.74, 6) is -0.168. The van der Waals surface area contributed by atoms with Gasteiger partial charge in [-0.3, -0.25) is 0 Å². The first kappa shape index (κ1) is 14.2. The minimum atomic E-state index is -0.168. The Hall–Kier alpha value is -1.19. The topological polar surface area (TPSA) is 12.0 Å². The van der Waals surface area contributed by atoms with Crippen molar-refractivity contribution in [3.8, 4) is 0 Å². The normalized spacial score (nSPS) is 12.6. The van der Waals surface area contributed by atoms with E-state index in [-0.39, 0.29) is 11.9 Å². The number of hydrogen-bond donors (Lipinski definition) is 1. The van der Waals surface area contributed by atoms with Gasteiger partial charge < -0.3 is 5.32 Å².